The van der Waals surface area contributed by atoms with E-state index in [4.69, 9.17) is 18.9 Å². The van der Waals surface area contributed by atoms with E-state index < -0.39 is 0 Å². The summed E-state index contributed by atoms with van der Waals surface area (Å²) < 4.78 is 24.5. The monoisotopic (exact) mass is 476 g/mol. The average Bonchev–Trinajstić information content (AvgIpc) is 3.30. The van der Waals surface area contributed by atoms with E-state index in [2.05, 4.69) is 15.3 Å². The van der Waals surface area contributed by atoms with Crippen molar-refractivity contribution in [1.29, 1.82) is 0 Å². The molecule has 0 saturated heterocycles. The predicted octanol–water partition coefficient (Wildman–Crippen LogP) is 4.85. The first kappa shape index (κ1) is 23.9. The molecule has 0 aliphatic carbocycles. The number of anilines is 1. The molecular formula is C26H28N4O5. The van der Waals surface area contributed by atoms with Gasteiger partial charge in [0.15, 0.2) is 11.5 Å². The molecule has 0 aliphatic heterocycles. The largest absolute Gasteiger partial charge is 0.495 e. The van der Waals surface area contributed by atoms with Crippen LogP contribution in [0.3, 0.4) is 0 Å². The lowest BCUT2D eigenvalue weighted by molar-refractivity contribution is 0.102. The zero-order chi connectivity index (χ0) is 24.8. The van der Waals surface area contributed by atoms with E-state index in [-0.39, 0.29) is 5.91 Å². The van der Waals surface area contributed by atoms with Crippen LogP contribution in [0.2, 0.25) is 0 Å². The normalized spacial score (nSPS) is 10.7. The van der Waals surface area contributed by atoms with Crippen LogP contribution in [-0.2, 0) is 0 Å². The number of rotatable bonds is 10. The highest BCUT2D eigenvalue weighted by molar-refractivity contribution is 6.06. The third-order valence-corrected chi connectivity index (χ3v) is 5.15. The summed E-state index contributed by atoms with van der Waals surface area (Å²) in [4.78, 5) is 22.1. The Kier molecular flexibility index (Phi) is 7.35. The molecule has 9 nitrogen and oxygen atoms in total. The van der Waals surface area contributed by atoms with E-state index in [1.807, 2.05) is 55.8 Å². The Morgan fingerprint density at radius 2 is 1.69 bits per heavy atom. The molecule has 0 fully saturated rings. The fourth-order valence-electron chi connectivity index (χ4n) is 3.65. The molecule has 1 amide bonds. The maximum Gasteiger partial charge on any atom is 0.256 e. The third-order valence-electron chi connectivity index (χ3n) is 5.15. The summed E-state index contributed by atoms with van der Waals surface area (Å²) in [5.41, 5.74) is 2.40. The molecule has 0 spiro atoms. The third kappa shape index (κ3) is 5.13. The van der Waals surface area contributed by atoms with E-state index >= 15 is 0 Å². The van der Waals surface area contributed by atoms with Gasteiger partial charge in [0.2, 0.25) is 11.5 Å². The van der Waals surface area contributed by atoms with Gasteiger partial charge in [-0.25, -0.2) is 9.97 Å². The van der Waals surface area contributed by atoms with E-state index in [0.29, 0.717) is 59.8 Å². The van der Waals surface area contributed by atoms with Gasteiger partial charge in [0.1, 0.15) is 5.75 Å². The van der Waals surface area contributed by atoms with E-state index in [1.54, 1.807) is 31.5 Å². The number of methoxy groups -OCH3 is 1. The Morgan fingerprint density at radius 1 is 0.971 bits per heavy atom. The minimum atomic E-state index is -0.345. The maximum absolute atomic E-state index is 13.3. The molecule has 0 unspecified atom stereocenters. The van der Waals surface area contributed by atoms with Crippen LogP contribution in [-0.4, -0.2) is 47.2 Å². The number of carbonyl (C=O) groups excluding carboxylic acids is 1. The average molecular weight is 477 g/mol. The van der Waals surface area contributed by atoms with E-state index in [1.165, 1.54) is 0 Å². The standard InChI is InChI=1S/C26H28N4O5/c1-5-33-22-14-18(15-23(34-6-2)24(22)35-7-3)25(31)28-19-13-17(9-10-21(19)32-4)20-16-30-12-8-11-27-26(30)29-20/h8-16H,5-7H2,1-4H3,(H,28,31). The fourth-order valence-corrected chi connectivity index (χ4v) is 3.65. The van der Waals surface area contributed by atoms with Crippen molar-refractivity contribution in [2.24, 2.45) is 0 Å². The number of benzene rings is 2. The molecule has 0 saturated carbocycles. The molecule has 0 radical (unpaired) electrons. The van der Waals surface area contributed by atoms with Crippen molar-refractivity contribution >= 4 is 17.4 Å². The Labute approximate surface area is 203 Å². The van der Waals surface area contributed by atoms with Crippen LogP contribution in [0.5, 0.6) is 23.0 Å². The van der Waals surface area contributed by atoms with Crippen molar-refractivity contribution in [1.82, 2.24) is 14.4 Å². The number of ether oxygens (including phenoxy) is 4. The number of carbonyl (C=O) groups is 1. The zero-order valence-electron chi connectivity index (χ0n) is 20.2. The topological polar surface area (TPSA) is 96.2 Å². The van der Waals surface area contributed by atoms with Crippen LogP contribution in [0.15, 0.2) is 55.0 Å². The van der Waals surface area contributed by atoms with E-state index in [0.717, 1.165) is 11.3 Å². The SMILES string of the molecule is CCOc1cc(C(=O)Nc2cc(-c3cn4cccnc4n3)ccc2OC)cc(OCC)c1OCC. The van der Waals surface area contributed by atoms with Crippen molar-refractivity contribution in [3.05, 3.63) is 60.6 Å². The molecule has 2 aromatic heterocycles. The molecule has 0 bridgehead atoms. The van der Waals surface area contributed by atoms with Gasteiger partial charge in [-0.2, -0.15) is 0 Å². The van der Waals surface area contributed by atoms with Crippen molar-refractivity contribution in [2.45, 2.75) is 20.8 Å². The molecule has 0 aliphatic rings. The van der Waals surface area contributed by atoms with Crippen LogP contribution >= 0.6 is 0 Å². The summed E-state index contributed by atoms with van der Waals surface area (Å²) in [6, 6.07) is 10.6. The number of fused-ring (bicyclic) bond motifs is 1. The van der Waals surface area contributed by atoms with E-state index in [9.17, 15) is 4.79 Å². The molecule has 4 rings (SSSR count). The van der Waals surface area contributed by atoms with Gasteiger partial charge in [0, 0.05) is 29.7 Å². The molecule has 182 valence electrons. The van der Waals surface area contributed by atoms with Gasteiger partial charge >= 0.3 is 0 Å². The second kappa shape index (κ2) is 10.8. The number of nitrogens with one attached hydrogen (secondary N) is 1. The fraction of sp³-hybridized carbons (Fsp3) is 0.269. The van der Waals surface area contributed by atoms with Crippen molar-refractivity contribution < 1.29 is 23.7 Å². The summed E-state index contributed by atoms with van der Waals surface area (Å²) in [6.45, 7) is 6.89. The summed E-state index contributed by atoms with van der Waals surface area (Å²) in [7, 11) is 1.55. The lowest BCUT2D eigenvalue weighted by Crippen LogP contribution is -2.14. The summed E-state index contributed by atoms with van der Waals surface area (Å²) in [5.74, 6) is 2.14. The van der Waals surface area contributed by atoms with Crippen molar-refractivity contribution in [2.75, 3.05) is 32.2 Å². The second-order valence-electron chi connectivity index (χ2n) is 7.42. The Hall–Kier alpha value is -4.27. The maximum atomic E-state index is 13.3. The molecule has 35 heavy (non-hydrogen) atoms. The Bertz CT molecular complexity index is 1270. The lowest BCUT2D eigenvalue weighted by Gasteiger charge is -2.17. The highest BCUT2D eigenvalue weighted by atomic mass is 16.5. The van der Waals surface area contributed by atoms with Gasteiger partial charge in [0.25, 0.3) is 5.91 Å². The highest BCUT2D eigenvalue weighted by Crippen LogP contribution is 2.39. The Morgan fingerprint density at radius 3 is 2.31 bits per heavy atom. The van der Waals surface area contributed by atoms with Crippen LogP contribution in [0.4, 0.5) is 5.69 Å². The molecule has 0 atom stereocenters. The first-order chi connectivity index (χ1) is 17.1. The number of nitrogens with zero attached hydrogens (tertiary/aromatic N) is 3. The molecular weight excluding hydrogens is 448 g/mol. The number of hydrogen-bond acceptors (Lipinski definition) is 7. The molecule has 1 N–H and O–H groups in total. The van der Waals surface area contributed by atoms with Gasteiger partial charge < -0.3 is 24.3 Å². The minimum Gasteiger partial charge on any atom is -0.495 e. The van der Waals surface area contributed by atoms with Gasteiger partial charge in [-0.3, -0.25) is 9.20 Å². The predicted molar refractivity (Wildman–Crippen MR) is 133 cm³/mol. The van der Waals surface area contributed by atoms with Gasteiger partial charge in [0.05, 0.1) is 38.3 Å². The van der Waals surface area contributed by atoms with Crippen LogP contribution < -0.4 is 24.3 Å². The molecule has 9 heteroatoms. The summed E-state index contributed by atoms with van der Waals surface area (Å²) >= 11 is 0. The van der Waals surface area contributed by atoms with Crippen LogP contribution in [0.1, 0.15) is 31.1 Å². The Balaban J connectivity index is 1.69. The summed E-state index contributed by atoms with van der Waals surface area (Å²) in [5, 5.41) is 2.95. The van der Waals surface area contributed by atoms with Gasteiger partial charge in [-0.05, 0) is 57.2 Å². The second-order valence-corrected chi connectivity index (χ2v) is 7.42. The first-order valence-corrected chi connectivity index (χ1v) is 11.4. The van der Waals surface area contributed by atoms with Crippen molar-refractivity contribution in [3.63, 3.8) is 0 Å². The van der Waals surface area contributed by atoms with Gasteiger partial charge in [-0.1, -0.05) is 0 Å². The molecule has 4 aromatic rings. The lowest BCUT2D eigenvalue weighted by atomic mass is 10.1. The van der Waals surface area contributed by atoms with Gasteiger partial charge in [-0.15, -0.1) is 0 Å². The number of imidazole rings is 1. The molecule has 2 heterocycles. The minimum absolute atomic E-state index is 0.345. The number of aromatic nitrogens is 3. The smallest absolute Gasteiger partial charge is 0.256 e. The van der Waals surface area contributed by atoms with Crippen LogP contribution in [0, 0.1) is 0 Å². The summed E-state index contributed by atoms with van der Waals surface area (Å²) in [6.07, 6.45) is 5.45. The quantitative estimate of drug-likeness (QED) is 0.349. The zero-order valence-corrected chi connectivity index (χ0v) is 20.2. The number of hydrogen-bond donors (Lipinski definition) is 1. The highest BCUT2D eigenvalue weighted by Gasteiger charge is 2.20. The number of amides is 1. The first-order valence-electron chi connectivity index (χ1n) is 11.4. The van der Waals surface area contributed by atoms with Crippen LogP contribution in [0.25, 0.3) is 17.0 Å². The molecule has 2 aromatic carbocycles. The van der Waals surface area contributed by atoms with Crippen molar-refractivity contribution in [3.8, 4) is 34.3 Å².